The highest BCUT2D eigenvalue weighted by Crippen LogP contribution is 2.20. The summed E-state index contributed by atoms with van der Waals surface area (Å²) in [5.41, 5.74) is -0.0697. The molecule has 7 heteroatoms. The maximum atomic E-state index is 10.6. The monoisotopic (exact) mass is 273 g/mol. The van der Waals surface area contributed by atoms with E-state index in [1.165, 1.54) is 12.1 Å². The molecule has 1 aromatic heterocycles. The van der Waals surface area contributed by atoms with Crippen LogP contribution < -0.4 is 5.32 Å². The number of hydrogen-bond acceptors (Lipinski definition) is 5. The fourth-order valence-electron chi connectivity index (χ4n) is 1.32. The number of ether oxygens (including phenoxy) is 1. The van der Waals surface area contributed by atoms with Crippen LogP contribution in [0.4, 0.5) is 11.5 Å². The summed E-state index contributed by atoms with van der Waals surface area (Å²) < 4.78 is 5.31. The second kappa shape index (κ2) is 7.84. The molecule has 1 aromatic rings. The first-order valence-corrected chi connectivity index (χ1v) is 6.15. The molecule has 0 aromatic carbocycles. The van der Waals surface area contributed by atoms with E-state index >= 15 is 0 Å². The van der Waals surface area contributed by atoms with Gasteiger partial charge in [0.15, 0.2) is 0 Å². The topological polar surface area (TPSA) is 77.3 Å². The maximum Gasteiger partial charge on any atom is 0.276 e. The van der Waals surface area contributed by atoms with Crippen LogP contribution in [0.1, 0.15) is 19.8 Å². The lowest BCUT2D eigenvalue weighted by Gasteiger charge is -2.06. The fraction of sp³-hybridized carbons (Fsp3) is 0.545. The van der Waals surface area contributed by atoms with Gasteiger partial charge in [0, 0.05) is 19.8 Å². The summed E-state index contributed by atoms with van der Waals surface area (Å²) in [7, 11) is 0. The van der Waals surface area contributed by atoms with Crippen molar-refractivity contribution in [3.8, 4) is 0 Å². The second-order valence-electron chi connectivity index (χ2n) is 3.68. The average Bonchev–Trinajstić information content (AvgIpc) is 2.33. The van der Waals surface area contributed by atoms with Gasteiger partial charge in [-0.25, -0.2) is 4.98 Å². The van der Waals surface area contributed by atoms with Crippen molar-refractivity contribution in [2.24, 2.45) is 0 Å². The Morgan fingerprint density at radius 2 is 2.28 bits per heavy atom. The first-order valence-electron chi connectivity index (χ1n) is 5.77. The smallest absolute Gasteiger partial charge is 0.276 e. The molecule has 0 aliphatic carbocycles. The van der Waals surface area contributed by atoms with E-state index in [9.17, 15) is 10.1 Å². The Hall–Kier alpha value is -1.40. The van der Waals surface area contributed by atoms with E-state index in [4.69, 9.17) is 16.3 Å². The van der Waals surface area contributed by atoms with Gasteiger partial charge in [0.25, 0.3) is 5.69 Å². The number of aromatic nitrogens is 1. The number of nitro groups is 1. The Kier molecular flexibility index (Phi) is 6.38. The summed E-state index contributed by atoms with van der Waals surface area (Å²) in [5, 5.41) is 13.7. The quantitative estimate of drug-likeness (QED) is 0.341. The molecule has 0 saturated heterocycles. The highest BCUT2D eigenvalue weighted by Gasteiger charge is 2.09. The van der Waals surface area contributed by atoms with Gasteiger partial charge in [0.2, 0.25) is 0 Å². The third kappa shape index (κ3) is 5.29. The van der Waals surface area contributed by atoms with Crippen LogP contribution in [0, 0.1) is 10.1 Å². The van der Waals surface area contributed by atoms with Crippen molar-refractivity contribution in [1.29, 1.82) is 0 Å². The minimum atomic E-state index is -0.497. The number of pyridine rings is 1. The van der Waals surface area contributed by atoms with E-state index in [1.54, 1.807) is 0 Å². The number of nitrogens with one attached hydrogen (secondary N) is 1. The number of hydrogen-bond donors (Lipinski definition) is 1. The minimum Gasteiger partial charge on any atom is -0.381 e. The largest absolute Gasteiger partial charge is 0.381 e. The van der Waals surface area contributed by atoms with E-state index in [1.807, 2.05) is 6.92 Å². The molecule has 1 rings (SSSR count). The summed E-state index contributed by atoms with van der Waals surface area (Å²) in [6.45, 7) is 4.09. The molecule has 0 bridgehead atoms. The normalized spacial score (nSPS) is 10.3. The van der Waals surface area contributed by atoms with E-state index < -0.39 is 4.92 Å². The molecule has 0 aliphatic rings. The summed E-state index contributed by atoms with van der Waals surface area (Å²) in [4.78, 5) is 14.1. The molecule has 6 nitrogen and oxygen atoms in total. The Bertz CT molecular complexity index is 401. The fourth-order valence-corrected chi connectivity index (χ4v) is 1.52. The maximum absolute atomic E-state index is 10.6. The lowest BCUT2D eigenvalue weighted by Crippen LogP contribution is -2.07. The molecular weight excluding hydrogens is 258 g/mol. The first kappa shape index (κ1) is 14.7. The molecule has 18 heavy (non-hydrogen) atoms. The molecular formula is C11H16ClN3O3. The molecule has 0 unspecified atom stereocenters. The van der Waals surface area contributed by atoms with Crippen molar-refractivity contribution < 1.29 is 9.66 Å². The number of nitrogens with zero attached hydrogens (tertiary/aromatic N) is 2. The zero-order valence-electron chi connectivity index (χ0n) is 10.2. The highest BCUT2D eigenvalue weighted by molar-refractivity contribution is 6.29. The van der Waals surface area contributed by atoms with Gasteiger partial charge in [-0.2, -0.15) is 0 Å². The third-order valence-electron chi connectivity index (χ3n) is 2.11. The van der Waals surface area contributed by atoms with Gasteiger partial charge >= 0.3 is 0 Å². The lowest BCUT2D eigenvalue weighted by molar-refractivity contribution is -0.384. The number of rotatable bonds is 8. The zero-order valence-corrected chi connectivity index (χ0v) is 10.9. The zero-order chi connectivity index (χ0) is 13.4. The van der Waals surface area contributed by atoms with Crippen molar-refractivity contribution in [3.63, 3.8) is 0 Å². The number of halogens is 1. The van der Waals surface area contributed by atoms with Crippen molar-refractivity contribution in [3.05, 3.63) is 27.4 Å². The molecule has 0 amide bonds. The predicted octanol–water partition coefficient (Wildman–Crippen LogP) is 2.87. The van der Waals surface area contributed by atoms with Crippen molar-refractivity contribution in [1.82, 2.24) is 4.98 Å². The highest BCUT2D eigenvalue weighted by atomic mass is 35.5. The van der Waals surface area contributed by atoms with Gasteiger partial charge in [-0.05, 0) is 12.8 Å². The molecule has 0 saturated carbocycles. The summed E-state index contributed by atoms with van der Waals surface area (Å²) >= 11 is 5.70. The van der Waals surface area contributed by atoms with E-state index in [0.717, 1.165) is 19.4 Å². The summed E-state index contributed by atoms with van der Waals surface area (Å²) in [5.74, 6) is 0.407. The Morgan fingerprint density at radius 3 is 2.94 bits per heavy atom. The van der Waals surface area contributed by atoms with Gasteiger partial charge < -0.3 is 10.1 Å². The van der Waals surface area contributed by atoms with Gasteiger partial charge in [-0.1, -0.05) is 18.5 Å². The summed E-state index contributed by atoms with van der Waals surface area (Å²) in [6, 6.07) is 2.58. The van der Waals surface area contributed by atoms with E-state index in [2.05, 4.69) is 10.3 Å². The van der Waals surface area contributed by atoms with Crippen LogP contribution in [0.25, 0.3) is 0 Å². The molecule has 1 heterocycles. The third-order valence-corrected chi connectivity index (χ3v) is 2.30. The van der Waals surface area contributed by atoms with Crippen LogP contribution in [0.2, 0.25) is 5.15 Å². The summed E-state index contributed by atoms with van der Waals surface area (Å²) in [6.07, 6.45) is 1.80. The van der Waals surface area contributed by atoms with Crippen LogP contribution in [-0.2, 0) is 4.74 Å². The average molecular weight is 274 g/mol. The predicted molar refractivity (Wildman–Crippen MR) is 70.1 cm³/mol. The van der Waals surface area contributed by atoms with Gasteiger partial charge in [-0.15, -0.1) is 0 Å². The van der Waals surface area contributed by atoms with Gasteiger partial charge in [0.1, 0.15) is 11.0 Å². The Morgan fingerprint density at radius 1 is 1.50 bits per heavy atom. The van der Waals surface area contributed by atoms with Crippen LogP contribution in [0.3, 0.4) is 0 Å². The standard InChI is InChI=1S/C11H16ClN3O3/c1-2-5-18-6-3-4-13-11-8-9(15(16)17)7-10(12)14-11/h7-8H,2-6H2,1H3,(H,13,14). The second-order valence-corrected chi connectivity index (χ2v) is 4.07. The van der Waals surface area contributed by atoms with E-state index in [-0.39, 0.29) is 10.8 Å². The lowest BCUT2D eigenvalue weighted by atomic mass is 10.4. The molecule has 0 atom stereocenters. The van der Waals surface area contributed by atoms with Crippen molar-refractivity contribution >= 4 is 23.1 Å². The molecule has 0 spiro atoms. The molecule has 0 fully saturated rings. The van der Waals surface area contributed by atoms with Crippen molar-refractivity contribution in [2.75, 3.05) is 25.1 Å². The minimum absolute atomic E-state index is 0.0697. The molecule has 0 aliphatic heterocycles. The molecule has 1 N–H and O–H groups in total. The van der Waals surface area contributed by atoms with Crippen LogP contribution >= 0.6 is 11.6 Å². The molecule has 0 radical (unpaired) electrons. The SMILES string of the molecule is CCCOCCCNc1cc([N+](=O)[O-])cc(Cl)n1. The molecule has 100 valence electrons. The van der Waals surface area contributed by atoms with E-state index in [0.29, 0.717) is 19.0 Å². The number of anilines is 1. The van der Waals surface area contributed by atoms with Gasteiger partial charge in [-0.3, -0.25) is 10.1 Å². The van der Waals surface area contributed by atoms with Crippen LogP contribution in [0.5, 0.6) is 0 Å². The van der Waals surface area contributed by atoms with Crippen LogP contribution in [-0.4, -0.2) is 29.7 Å². The first-order chi connectivity index (χ1) is 8.63. The Balaban J connectivity index is 2.40. The van der Waals surface area contributed by atoms with Gasteiger partial charge in [0.05, 0.1) is 17.1 Å². The van der Waals surface area contributed by atoms with Crippen LogP contribution in [0.15, 0.2) is 12.1 Å². The van der Waals surface area contributed by atoms with Crippen molar-refractivity contribution in [2.45, 2.75) is 19.8 Å². The Labute approximate surface area is 110 Å².